The van der Waals surface area contributed by atoms with Crippen molar-refractivity contribution in [1.82, 2.24) is 9.13 Å². The number of fused-ring (bicyclic) bond motifs is 6. The maximum absolute atomic E-state index is 9.88. The average Bonchev–Trinajstić information content (AvgIpc) is 3.91. The summed E-state index contributed by atoms with van der Waals surface area (Å²) >= 11 is 0. The lowest BCUT2D eigenvalue weighted by Gasteiger charge is -2.14. The number of rotatable bonds is 5. The molecule has 0 spiro atoms. The molecule has 0 aliphatic rings. The fourth-order valence-corrected chi connectivity index (χ4v) is 6.48. The predicted octanol–water partition coefficient (Wildman–Crippen LogP) is 12.9. The zero-order valence-corrected chi connectivity index (χ0v) is 25.9. The van der Waals surface area contributed by atoms with Gasteiger partial charge in [-0.05, 0) is 82.3 Å². The van der Waals surface area contributed by atoms with Crippen LogP contribution in [0, 0.1) is 0 Å². The summed E-state index contributed by atoms with van der Waals surface area (Å²) in [4.78, 5) is 0. The Balaban J connectivity index is 1.35. The Morgan fingerprint density at radius 1 is 0.340 bits per heavy atom. The molecule has 0 amide bonds. The molecule has 0 N–H and O–H groups in total. The second-order valence-electron chi connectivity index (χ2n) is 11.5. The van der Waals surface area contributed by atoms with Crippen LogP contribution in [0.3, 0.4) is 0 Å². The first-order valence-electron chi connectivity index (χ1n) is 25.2. The molecule has 0 fully saturated rings. The summed E-state index contributed by atoms with van der Waals surface area (Å²) in [5, 5.41) is -1.01. The summed E-state index contributed by atoms with van der Waals surface area (Å²) in [6, 6.07) is 10.1. The maximum atomic E-state index is 9.88. The average molecular weight is 656 g/mol. The third kappa shape index (κ3) is 4.50. The van der Waals surface area contributed by atoms with Crippen molar-refractivity contribution in [3.63, 3.8) is 0 Å². The molecule has 0 atom stereocenters. The number of hydrogen-bond donors (Lipinski definition) is 0. The maximum Gasteiger partial charge on any atom is 0.0645 e. The standard InChI is InChI=1S/C48H32N2/c1-3-13-33(14-4-1)34-23-27-38(28-24-34)49-45-21-11-8-18-40(45)42-31-36(25-29-47(42)49)37-26-30-48-43(32-37)41-19-9-12-22-46(41)50(48)44-20-10-7-17-39(44)35-15-5-2-6-16-35/h1-32H/i2D,5D,6D,8D,9D,11D,12D,15D,16D,18D,19D,21D,22D,25D,26D,29D,30D,31D,32D. The van der Waals surface area contributed by atoms with Gasteiger partial charge in [0.1, 0.15) is 0 Å². The molecule has 0 radical (unpaired) electrons. The third-order valence-electron chi connectivity index (χ3n) is 8.71. The van der Waals surface area contributed by atoms with Gasteiger partial charge in [-0.3, -0.25) is 0 Å². The topological polar surface area (TPSA) is 9.86 Å². The van der Waals surface area contributed by atoms with Crippen LogP contribution in [0.4, 0.5) is 0 Å². The molecule has 0 aliphatic carbocycles. The second-order valence-corrected chi connectivity index (χ2v) is 11.5. The molecule has 50 heavy (non-hydrogen) atoms. The molecule has 2 heterocycles. The SMILES string of the molecule is [2H]c1c([2H])c([2H])c(-c2ccccc2-n2c3c([2H])c([2H])c([2H])c([2H])c3c3c([2H])c(-c4c([2H])c([2H])c5c(c4[2H])c4c([2H])c([2H])c([2H])c([2H])c4n5-c4ccc(-c5ccccc5)cc4)c([2H])c([2H])c32)c([2H])c1[2H]. The number of para-hydroxylation sites is 3. The molecule has 0 saturated carbocycles. The summed E-state index contributed by atoms with van der Waals surface area (Å²) in [6.45, 7) is 0. The number of hydrogen-bond acceptors (Lipinski definition) is 0. The normalized spacial score (nSPS) is 16.9. The number of nitrogens with zero attached hydrogens (tertiary/aromatic N) is 2. The highest BCUT2D eigenvalue weighted by Crippen LogP contribution is 2.40. The van der Waals surface area contributed by atoms with E-state index in [-0.39, 0.29) is 60.4 Å². The van der Waals surface area contributed by atoms with Crippen LogP contribution >= 0.6 is 0 Å². The first-order chi connectivity index (χ1) is 32.7. The minimum atomic E-state index is -0.769. The molecule has 234 valence electrons. The van der Waals surface area contributed by atoms with Crippen LogP contribution in [-0.2, 0) is 0 Å². The molecular formula is C48H32N2. The van der Waals surface area contributed by atoms with Crippen molar-refractivity contribution in [1.29, 1.82) is 0 Å². The second kappa shape index (κ2) is 11.5. The van der Waals surface area contributed by atoms with E-state index in [9.17, 15) is 11.0 Å². The van der Waals surface area contributed by atoms with Crippen molar-refractivity contribution in [3.8, 4) is 44.8 Å². The Labute approximate surface area is 317 Å². The van der Waals surface area contributed by atoms with Crippen LogP contribution in [-0.4, -0.2) is 9.13 Å². The summed E-state index contributed by atoms with van der Waals surface area (Å²) in [5.74, 6) is 0. The van der Waals surface area contributed by atoms with Gasteiger partial charge in [0.2, 0.25) is 0 Å². The lowest BCUT2D eigenvalue weighted by atomic mass is 10.0. The smallest absolute Gasteiger partial charge is 0.0645 e. The minimum absolute atomic E-state index is 0.0101. The molecule has 0 saturated heterocycles. The van der Waals surface area contributed by atoms with Gasteiger partial charge >= 0.3 is 0 Å². The molecular weight excluding hydrogens is 605 g/mol. The number of aromatic nitrogens is 2. The molecule has 8 aromatic carbocycles. The van der Waals surface area contributed by atoms with Crippen LogP contribution in [0.15, 0.2) is 194 Å². The van der Waals surface area contributed by atoms with E-state index < -0.39 is 126 Å². The largest absolute Gasteiger partial charge is 0.309 e. The molecule has 10 aromatic rings. The summed E-state index contributed by atoms with van der Waals surface area (Å²) in [7, 11) is 0. The van der Waals surface area contributed by atoms with Crippen LogP contribution in [0.5, 0.6) is 0 Å². The van der Waals surface area contributed by atoms with Gasteiger partial charge in [-0.25, -0.2) is 0 Å². The highest BCUT2D eigenvalue weighted by Gasteiger charge is 2.17. The highest BCUT2D eigenvalue weighted by atomic mass is 15.0. The van der Waals surface area contributed by atoms with E-state index in [2.05, 4.69) is 0 Å². The third-order valence-corrected chi connectivity index (χ3v) is 8.71. The zero-order chi connectivity index (χ0) is 49.6. The van der Waals surface area contributed by atoms with E-state index >= 15 is 0 Å². The highest BCUT2D eigenvalue weighted by molar-refractivity contribution is 6.13. The zero-order valence-electron chi connectivity index (χ0n) is 44.9. The van der Waals surface area contributed by atoms with Crippen molar-refractivity contribution in [2.75, 3.05) is 0 Å². The Bertz CT molecular complexity index is 3910. The molecule has 0 aliphatic heterocycles. The van der Waals surface area contributed by atoms with Crippen LogP contribution in [0.2, 0.25) is 0 Å². The molecule has 10 rings (SSSR count). The van der Waals surface area contributed by atoms with E-state index in [1.54, 1.807) is 24.3 Å². The van der Waals surface area contributed by atoms with E-state index in [0.717, 1.165) is 11.1 Å². The Kier molecular flexibility index (Phi) is 3.52. The molecule has 2 nitrogen and oxygen atoms in total. The van der Waals surface area contributed by atoms with Crippen molar-refractivity contribution < 1.29 is 26.0 Å². The van der Waals surface area contributed by atoms with Gasteiger partial charge < -0.3 is 9.13 Å². The van der Waals surface area contributed by atoms with Crippen molar-refractivity contribution in [2.45, 2.75) is 0 Å². The Hall–Kier alpha value is -6.64. The van der Waals surface area contributed by atoms with Gasteiger partial charge in [-0.2, -0.15) is 0 Å². The van der Waals surface area contributed by atoms with Gasteiger partial charge in [-0.1, -0.05) is 139 Å². The van der Waals surface area contributed by atoms with Crippen LogP contribution < -0.4 is 0 Å². The monoisotopic (exact) mass is 655 g/mol. The van der Waals surface area contributed by atoms with Crippen LogP contribution in [0.1, 0.15) is 26.0 Å². The molecule has 2 heteroatoms. The van der Waals surface area contributed by atoms with Gasteiger partial charge in [-0.15, -0.1) is 0 Å². The fourth-order valence-electron chi connectivity index (χ4n) is 6.48. The van der Waals surface area contributed by atoms with E-state index in [4.69, 9.17) is 15.1 Å². The fraction of sp³-hybridized carbons (Fsp3) is 0. The number of benzene rings is 8. The summed E-state index contributed by atoms with van der Waals surface area (Å²) in [6.07, 6.45) is 0. The van der Waals surface area contributed by atoms with E-state index in [1.807, 2.05) is 30.3 Å². The van der Waals surface area contributed by atoms with Gasteiger partial charge in [0, 0.05) is 32.8 Å². The van der Waals surface area contributed by atoms with Crippen LogP contribution in [0.25, 0.3) is 88.4 Å². The summed E-state index contributed by atoms with van der Waals surface area (Å²) < 4.78 is 174. The minimum Gasteiger partial charge on any atom is -0.309 e. The predicted molar refractivity (Wildman–Crippen MR) is 211 cm³/mol. The molecule has 0 bridgehead atoms. The van der Waals surface area contributed by atoms with Gasteiger partial charge in [0.25, 0.3) is 0 Å². The van der Waals surface area contributed by atoms with Crippen molar-refractivity contribution >= 4 is 43.6 Å². The van der Waals surface area contributed by atoms with Gasteiger partial charge in [0.05, 0.1) is 53.8 Å². The molecule has 2 aromatic heterocycles. The van der Waals surface area contributed by atoms with Crippen molar-refractivity contribution in [2.24, 2.45) is 0 Å². The Morgan fingerprint density at radius 3 is 1.54 bits per heavy atom. The summed E-state index contributed by atoms with van der Waals surface area (Å²) in [5.41, 5.74) is -0.186. The lowest BCUT2D eigenvalue weighted by Crippen LogP contribution is -1.97. The molecule has 0 unspecified atom stereocenters. The first-order valence-corrected chi connectivity index (χ1v) is 15.7. The lowest BCUT2D eigenvalue weighted by molar-refractivity contribution is 1.18. The quantitative estimate of drug-likeness (QED) is 0.175. The Morgan fingerprint density at radius 2 is 0.860 bits per heavy atom. The first kappa shape index (κ1) is 15.3. The van der Waals surface area contributed by atoms with E-state index in [1.165, 1.54) is 33.4 Å². The van der Waals surface area contributed by atoms with Crippen molar-refractivity contribution in [3.05, 3.63) is 194 Å². The van der Waals surface area contributed by atoms with Gasteiger partial charge in [0.15, 0.2) is 0 Å². The van der Waals surface area contributed by atoms with E-state index in [0.29, 0.717) is 5.69 Å².